The molecule has 0 amide bonds. The fourth-order valence-corrected chi connectivity index (χ4v) is 3.06. The molecule has 0 radical (unpaired) electrons. The highest BCUT2D eigenvalue weighted by molar-refractivity contribution is 6.30. The van der Waals surface area contributed by atoms with E-state index in [0.29, 0.717) is 11.6 Å². The van der Waals surface area contributed by atoms with Gasteiger partial charge in [-0.25, -0.2) is 0 Å². The van der Waals surface area contributed by atoms with Crippen LogP contribution >= 0.6 is 11.6 Å². The van der Waals surface area contributed by atoms with Gasteiger partial charge in [-0.15, -0.1) is 0 Å². The van der Waals surface area contributed by atoms with Crippen molar-refractivity contribution in [3.63, 3.8) is 0 Å². The molecule has 1 atom stereocenters. The Labute approximate surface area is 126 Å². The van der Waals surface area contributed by atoms with Crippen LogP contribution in [0.5, 0.6) is 5.75 Å². The number of hydrogen-bond donors (Lipinski definition) is 1. The lowest BCUT2D eigenvalue weighted by atomic mass is 9.97. The fourth-order valence-electron chi connectivity index (χ4n) is 2.86. The van der Waals surface area contributed by atoms with Crippen molar-refractivity contribution < 1.29 is 9.47 Å². The van der Waals surface area contributed by atoms with Crippen LogP contribution in [0.3, 0.4) is 0 Å². The van der Waals surface area contributed by atoms with Crippen LogP contribution in [0.1, 0.15) is 39.7 Å². The van der Waals surface area contributed by atoms with Gasteiger partial charge in [-0.3, -0.25) is 0 Å². The molecule has 1 fully saturated rings. The smallest absolute Gasteiger partial charge is 0.130 e. The highest BCUT2D eigenvalue weighted by Crippen LogP contribution is 2.40. The maximum atomic E-state index is 6.23. The second-order valence-electron chi connectivity index (χ2n) is 6.57. The maximum Gasteiger partial charge on any atom is 0.130 e. The van der Waals surface area contributed by atoms with Crippen molar-refractivity contribution in [1.82, 2.24) is 0 Å². The number of halogens is 1. The van der Waals surface area contributed by atoms with Crippen LogP contribution in [0.2, 0.25) is 5.02 Å². The van der Waals surface area contributed by atoms with Gasteiger partial charge < -0.3 is 15.2 Å². The first-order chi connectivity index (χ1) is 9.23. The van der Waals surface area contributed by atoms with Gasteiger partial charge in [0.05, 0.1) is 5.60 Å². The van der Waals surface area contributed by atoms with Gasteiger partial charge in [0.25, 0.3) is 0 Å². The van der Waals surface area contributed by atoms with Crippen LogP contribution in [-0.2, 0) is 11.2 Å². The van der Waals surface area contributed by atoms with Gasteiger partial charge >= 0.3 is 0 Å². The van der Waals surface area contributed by atoms with Crippen molar-refractivity contribution in [3.05, 3.63) is 28.8 Å². The van der Waals surface area contributed by atoms with Gasteiger partial charge in [0.15, 0.2) is 0 Å². The van der Waals surface area contributed by atoms with Gasteiger partial charge in [-0.2, -0.15) is 0 Å². The van der Waals surface area contributed by atoms with Crippen molar-refractivity contribution in [1.29, 1.82) is 0 Å². The number of hydrogen-bond acceptors (Lipinski definition) is 3. The molecule has 112 valence electrons. The summed E-state index contributed by atoms with van der Waals surface area (Å²) in [7, 11) is 0. The van der Waals surface area contributed by atoms with Crippen molar-refractivity contribution in [2.24, 2.45) is 5.73 Å². The van der Waals surface area contributed by atoms with Gasteiger partial charge in [0, 0.05) is 11.4 Å². The molecule has 1 aromatic rings. The van der Waals surface area contributed by atoms with Gasteiger partial charge in [0.1, 0.15) is 17.5 Å². The molecule has 1 aliphatic heterocycles. The third-order valence-corrected chi connectivity index (χ3v) is 3.93. The summed E-state index contributed by atoms with van der Waals surface area (Å²) >= 11 is 6.05. The van der Waals surface area contributed by atoms with Crippen molar-refractivity contribution in [2.45, 2.75) is 57.8 Å². The van der Waals surface area contributed by atoms with E-state index in [-0.39, 0.29) is 17.3 Å². The Balaban J connectivity index is 2.22. The van der Waals surface area contributed by atoms with Crippen molar-refractivity contribution >= 4 is 11.6 Å². The predicted molar refractivity (Wildman–Crippen MR) is 82.5 cm³/mol. The third-order valence-electron chi connectivity index (χ3n) is 3.70. The topological polar surface area (TPSA) is 44.5 Å². The SMILES string of the molecule is CC1(C)CC(Oc2ccc(Cl)cc2CCN)C(C)(C)O1. The minimum Gasteiger partial charge on any atom is -0.487 e. The molecule has 1 unspecified atom stereocenters. The van der Waals surface area contributed by atoms with E-state index in [9.17, 15) is 0 Å². The van der Waals surface area contributed by atoms with Crippen LogP contribution in [-0.4, -0.2) is 23.9 Å². The van der Waals surface area contributed by atoms with E-state index in [1.165, 1.54) is 0 Å². The fraction of sp³-hybridized carbons (Fsp3) is 0.625. The molecule has 0 spiro atoms. The van der Waals surface area contributed by atoms with E-state index in [2.05, 4.69) is 27.7 Å². The van der Waals surface area contributed by atoms with E-state index >= 15 is 0 Å². The Morgan fingerprint density at radius 3 is 2.60 bits per heavy atom. The first kappa shape index (κ1) is 15.6. The Hall–Kier alpha value is -0.770. The van der Waals surface area contributed by atoms with Crippen LogP contribution in [0.4, 0.5) is 0 Å². The van der Waals surface area contributed by atoms with E-state index in [1.54, 1.807) is 0 Å². The first-order valence-corrected chi connectivity index (χ1v) is 7.47. The largest absolute Gasteiger partial charge is 0.487 e. The van der Waals surface area contributed by atoms with Crippen LogP contribution in [0.15, 0.2) is 18.2 Å². The average molecular weight is 298 g/mol. The van der Waals surface area contributed by atoms with E-state index in [0.717, 1.165) is 24.2 Å². The van der Waals surface area contributed by atoms with Crippen molar-refractivity contribution in [3.8, 4) is 5.75 Å². The van der Waals surface area contributed by atoms with Crippen LogP contribution < -0.4 is 10.5 Å². The summed E-state index contributed by atoms with van der Waals surface area (Å²) in [6.45, 7) is 8.92. The second-order valence-corrected chi connectivity index (χ2v) is 7.00. The summed E-state index contributed by atoms with van der Waals surface area (Å²) in [5.41, 5.74) is 6.26. The van der Waals surface area contributed by atoms with Gasteiger partial charge in [-0.05, 0) is 64.4 Å². The molecule has 1 heterocycles. The molecule has 4 heteroatoms. The summed E-state index contributed by atoms with van der Waals surface area (Å²) < 4.78 is 12.3. The molecule has 0 aliphatic carbocycles. The summed E-state index contributed by atoms with van der Waals surface area (Å²) in [5, 5.41) is 0.711. The number of nitrogens with two attached hydrogens (primary N) is 1. The minimum atomic E-state index is -0.302. The van der Waals surface area contributed by atoms with Gasteiger partial charge in [-0.1, -0.05) is 11.6 Å². The Kier molecular flexibility index (Phi) is 4.33. The molecule has 0 saturated carbocycles. The van der Waals surface area contributed by atoms with Crippen LogP contribution in [0.25, 0.3) is 0 Å². The molecular formula is C16H24ClNO2. The zero-order chi connectivity index (χ0) is 15.0. The zero-order valence-electron chi connectivity index (χ0n) is 12.7. The monoisotopic (exact) mass is 297 g/mol. The van der Waals surface area contributed by atoms with E-state index < -0.39 is 0 Å². The molecule has 2 rings (SSSR count). The van der Waals surface area contributed by atoms with E-state index in [1.807, 2.05) is 18.2 Å². The minimum absolute atomic E-state index is 0.0233. The van der Waals surface area contributed by atoms with E-state index in [4.69, 9.17) is 26.8 Å². The van der Waals surface area contributed by atoms with Gasteiger partial charge in [0.2, 0.25) is 0 Å². The predicted octanol–water partition coefficient (Wildman–Crippen LogP) is 3.57. The summed E-state index contributed by atoms with van der Waals surface area (Å²) in [6, 6.07) is 5.71. The number of benzene rings is 1. The third kappa shape index (κ3) is 3.46. The lowest BCUT2D eigenvalue weighted by Gasteiger charge is -2.28. The molecule has 0 bridgehead atoms. The Morgan fingerprint density at radius 1 is 1.35 bits per heavy atom. The number of ether oxygens (including phenoxy) is 2. The lowest BCUT2D eigenvalue weighted by Crippen LogP contribution is -2.37. The standard InChI is InChI=1S/C16H24ClNO2/c1-15(2)10-14(16(3,4)20-15)19-13-6-5-12(17)9-11(13)7-8-18/h5-6,9,14H,7-8,10,18H2,1-4H3. The molecule has 2 N–H and O–H groups in total. The quantitative estimate of drug-likeness (QED) is 0.924. The lowest BCUT2D eigenvalue weighted by molar-refractivity contribution is -0.0846. The second kappa shape index (κ2) is 5.55. The molecule has 3 nitrogen and oxygen atoms in total. The molecule has 1 aliphatic rings. The average Bonchev–Trinajstić information content (AvgIpc) is 2.50. The number of rotatable bonds is 4. The van der Waals surface area contributed by atoms with Crippen molar-refractivity contribution in [2.75, 3.05) is 6.54 Å². The Morgan fingerprint density at radius 2 is 2.05 bits per heavy atom. The normalized spacial score (nSPS) is 23.8. The summed E-state index contributed by atoms with van der Waals surface area (Å²) in [6.07, 6.45) is 1.65. The zero-order valence-corrected chi connectivity index (χ0v) is 13.5. The Bertz CT molecular complexity index is 485. The highest BCUT2D eigenvalue weighted by Gasteiger charge is 2.47. The summed E-state index contributed by atoms with van der Waals surface area (Å²) in [5.74, 6) is 0.860. The molecular weight excluding hydrogens is 274 g/mol. The summed E-state index contributed by atoms with van der Waals surface area (Å²) in [4.78, 5) is 0. The first-order valence-electron chi connectivity index (χ1n) is 7.09. The molecule has 1 saturated heterocycles. The highest BCUT2D eigenvalue weighted by atomic mass is 35.5. The molecule has 0 aromatic heterocycles. The molecule has 1 aromatic carbocycles. The maximum absolute atomic E-state index is 6.23. The molecule has 20 heavy (non-hydrogen) atoms. The van der Waals surface area contributed by atoms with Crippen LogP contribution in [0, 0.1) is 0 Å².